The van der Waals surface area contributed by atoms with Gasteiger partial charge in [-0.1, -0.05) is 29.3 Å². The highest BCUT2D eigenvalue weighted by atomic mass is 35.5. The lowest BCUT2D eigenvalue weighted by atomic mass is 10.0. The number of esters is 1. The summed E-state index contributed by atoms with van der Waals surface area (Å²) in [6.45, 7) is 5.23. The van der Waals surface area contributed by atoms with Gasteiger partial charge in [0.15, 0.2) is 5.60 Å². The summed E-state index contributed by atoms with van der Waals surface area (Å²) in [5.74, 6) is -0.333. The van der Waals surface area contributed by atoms with Crippen LogP contribution in [0.4, 0.5) is 5.69 Å². The highest BCUT2D eigenvalue weighted by Gasteiger charge is 2.32. The van der Waals surface area contributed by atoms with Crippen LogP contribution in [0.2, 0.25) is 10.0 Å². The second kappa shape index (κ2) is 7.86. The Bertz CT molecular complexity index is 982. The molecule has 1 amide bonds. The van der Waals surface area contributed by atoms with Crippen molar-refractivity contribution in [2.24, 2.45) is 0 Å². The van der Waals surface area contributed by atoms with E-state index in [0.717, 1.165) is 5.56 Å². The molecule has 2 aromatic rings. The SMILES string of the molecule is CCOC(=O)C(C)(C)Oc1ccc(Cl)cc1/C=C1/C(=O)Nc2cc(Cl)ccc21. The second-order valence-corrected chi connectivity index (χ2v) is 7.59. The van der Waals surface area contributed by atoms with Crippen molar-refractivity contribution in [1.82, 2.24) is 0 Å². The minimum Gasteiger partial charge on any atom is -0.476 e. The molecule has 7 heteroatoms. The van der Waals surface area contributed by atoms with Crippen LogP contribution < -0.4 is 10.1 Å². The molecular formula is C21H19Cl2NO4. The van der Waals surface area contributed by atoms with Crippen LogP contribution in [-0.4, -0.2) is 24.1 Å². The second-order valence-electron chi connectivity index (χ2n) is 6.72. The zero-order valence-electron chi connectivity index (χ0n) is 15.6. The van der Waals surface area contributed by atoms with Crippen LogP contribution in [0.3, 0.4) is 0 Å². The lowest BCUT2D eigenvalue weighted by molar-refractivity contribution is -0.158. The highest BCUT2D eigenvalue weighted by Crippen LogP contribution is 2.37. The number of hydrogen-bond donors (Lipinski definition) is 1. The summed E-state index contributed by atoms with van der Waals surface area (Å²) in [7, 11) is 0. The summed E-state index contributed by atoms with van der Waals surface area (Å²) in [5, 5.41) is 3.79. The normalized spacial score (nSPS) is 14.6. The van der Waals surface area contributed by atoms with Crippen LogP contribution in [0.1, 0.15) is 31.9 Å². The topological polar surface area (TPSA) is 64.6 Å². The number of carbonyl (C=O) groups excluding carboxylic acids is 2. The van der Waals surface area contributed by atoms with E-state index in [4.69, 9.17) is 32.7 Å². The first-order chi connectivity index (χ1) is 13.2. The molecule has 1 heterocycles. The van der Waals surface area contributed by atoms with E-state index in [2.05, 4.69) is 5.32 Å². The molecule has 146 valence electrons. The molecule has 28 heavy (non-hydrogen) atoms. The molecule has 0 aromatic heterocycles. The molecule has 0 aliphatic carbocycles. The van der Waals surface area contributed by atoms with E-state index < -0.39 is 11.6 Å². The van der Waals surface area contributed by atoms with Gasteiger partial charge in [0.25, 0.3) is 5.91 Å². The first kappa shape index (κ1) is 20.2. The monoisotopic (exact) mass is 419 g/mol. The predicted molar refractivity (Wildman–Crippen MR) is 111 cm³/mol. The number of hydrogen-bond acceptors (Lipinski definition) is 4. The van der Waals surface area contributed by atoms with Crippen molar-refractivity contribution in [1.29, 1.82) is 0 Å². The number of anilines is 1. The Labute approximate surface area is 173 Å². The molecule has 5 nitrogen and oxygen atoms in total. The number of rotatable bonds is 5. The van der Waals surface area contributed by atoms with E-state index in [-0.39, 0.29) is 12.5 Å². The Morgan fingerprint density at radius 1 is 1.14 bits per heavy atom. The quantitative estimate of drug-likeness (QED) is 0.533. The standard InChI is InChI=1S/C21H19Cl2NO4/c1-4-27-20(26)21(2,3)28-18-8-6-13(22)9-12(18)10-16-15-7-5-14(23)11-17(15)24-19(16)25/h5-11H,4H2,1-3H3,(H,24,25)/b16-10+. The first-order valence-corrected chi connectivity index (χ1v) is 9.45. The predicted octanol–water partition coefficient (Wildman–Crippen LogP) is 5.21. The van der Waals surface area contributed by atoms with Gasteiger partial charge in [-0.05, 0) is 57.2 Å². The minimum atomic E-state index is -1.21. The van der Waals surface area contributed by atoms with Gasteiger partial charge >= 0.3 is 5.97 Å². The molecule has 1 N–H and O–H groups in total. The molecule has 0 atom stereocenters. The summed E-state index contributed by atoms with van der Waals surface area (Å²) < 4.78 is 11.0. The summed E-state index contributed by atoms with van der Waals surface area (Å²) in [5.41, 5.74) is 1.18. The molecule has 0 unspecified atom stereocenters. The third-order valence-electron chi connectivity index (χ3n) is 4.17. The number of halogens is 2. The van der Waals surface area contributed by atoms with Crippen LogP contribution in [0.25, 0.3) is 11.6 Å². The Morgan fingerprint density at radius 2 is 1.82 bits per heavy atom. The average Bonchev–Trinajstić information content (AvgIpc) is 2.92. The first-order valence-electron chi connectivity index (χ1n) is 8.70. The van der Waals surface area contributed by atoms with Crippen molar-refractivity contribution < 1.29 is 19.1 Å². The van der Waals surface area contributed by atoms with Crippen molar-refractivity contribution in [3.05, 3.63) is 57.6 Å². The summed E-state index contributed by atoms with van der Waals surface area (Å²) in [6.07, 6.45) is 1.68. The number of fused-ring (bicyclic) bond motifs is 1. The molecule has 0 bridgehead atoms. The maximum Gasteiger partial charge on any atom is 0.349 e. The highest BCUT2D eigenvalue weighted by molar-refractivity contribution is 6.37. The Hall–Kier alpha value is -2.50. The summed E-state index contributed by atoms with van der Waals surface area (Å²) in [4.78, 5) is 24.6. The Morgan fingerprint density at radius 3 is 2.54 bits per heavy atom. The van der Waals surface area contributed by atoms with Crippen LogP contribution >= 0.6 is 23.2 Å². The van der Waals surface area contributed by atoms with Crippen molar-refractivity contribution in [2.45, 2.75) is 26.4 Å². The van der Waals surface area contributed by atoms with E-state index in [1.807, 2.05) is 0 Å². The number of amides is 1. The van der Waals surface area contributed by atoms with Gasteiger partial charge in [0.2, 0.25) is 0 Å². The number of ether oxygens (including phenoxy) is 2. The molecule has 1 aliphatic heterocycles. The minimum absolute atomic E-state index is 0.253. The van der Waals surface area contributed by atoms with Crippen molar-refractivity contribution in [3.63, 3.8) is 0 Å². The molecule has 3 rings (SSSR count). The van der Waals surface area contributed by atoms with Gasteiger partial charge in [-0.15, -0.1) is 0 Å². The molecule has 0 saturated carbocycles. The fourth-order valence-electron chi connectivity index (χ4n) is 2.81. The van der Waals surface area contributed by atoms with Crippen LogP contribution in [0, 0.1) is 0 Å². The van der Waals surface area contributed by atoms with Gasteiger partial charge in [-0.25, -0.2) is 4.79 Å². The molecule has 1 aliphatic rings. The number of nitrogens with one attached hydrogen (secondary N) is 1. The molecule has 0 fully saturated rings. The zero-order chi connectivity index (χ0) is 20.5. The van der Waals surface area contributed by atoms with E-state index in [1.165, 1.54) is 0 Å². The zero-order valence-corrected chi connectivity index (χ0v) is 17.1. The largest absolute Gasteiger partial charge is 0.476 e. The number of benzene rings is 2. The van der Waals surface area contributed by atoms with Gasteiger partial charge in [0.1, 0.15) is 5.75 Å². The maximum absolute atomic E-state index is 12.5. The Balaban J connectivity index is 2.02. The van der Waals surface area contributed by atoms with E-state index in [0.29, 0.717) is 32.6 Å². The lowest BCUT2D eigenvalue weighted by Gasteiger charge is -2.25. The third-order valence-corrected chi connectivity index (χ3v) is 4.64. The van der Waals surface area contributed by atoms with Crippen molar-refractivity contribution in [3.8, 4) is 5.75 Å². The lowest BCUT2D eigenvalue weighted by Crippen LogP contribution is -2.39. The number of carbonyl (C=O) groups is 2. The van der Waals surface area contributed by atoms with Gasteiger partial charge in [0.05, 0.1) is 12.3 Å². The summed E-state index contributed by atoms with van der Waals surface area (Å²) in [6, 6.07) is 10.2. The van der Waals surface area contributed by atoms with E-state index in [9.17, 15) is 9.59 Å². The maximum atomic E-state index is 12.5. The molecular weight excluding hydrogens is 401 g/mol. The van der Waals surface area contributed by atoms with Gasteiger partial charge in [-0.2, -0.15) is 0 Å². The smallest absolute Gasteiger partial charge is 0.349 e. The van der Waals surface area contributed by atoms with Gasteiger partial charge in [-0.3, -0.25) is 4.79 Å². The van der Waals surface area contributed by atoms with Crippen LogP contribution in [-0.2, 0) is 14.3 Å². The Kier molecular flexibility index (Phi) is 5.68. The molecule has 2 aromatic carbocycles. The fraction of sp³-hybridized carbons (Fsp3) is 0.238. The fourth-order valence-corrected chi connectivity index (χ4v) is 3.16. The van der Waals surface area contributed by atoms with E-state index in [1.54, 1.807) is 63.2 Å². The summed E-state index contributed by atoms with van der Waals surface area (Å²) >= 11 is 12.1. The van der Waals surface area contributed by atoms with Crippen molar-refractivity contribution >= 4 is 52.4 Å². The molecule has 0 radical (unpaired) electrons. The third kappa shape index (κ3) is 4.16. The molecule has 0 spiro atoms. The van der Waals surface area contributed by atoms with Gasteiger partial charge < -0.3 is 14.8 Å². The average molecular weight is 420 g/mol. The van der Waals surface area contributed by atoms with Gasteiger partial charge in [0, 0.05) is 26.7 Å². The van der Waals surface area contributed by atoms with Crippen LogP contribution in [0.5, 0.6) is 5.75 Å². The van der Waals surface area contributed by atoms with Crippen molar-refractivity contribution in [2.75, 3.05) is 11.9 Å². The van der Waals surface area contributed by atoms with E-state index >= 15 is 0 Å². The molecule has 0 saturated heterocycles. The van der Waals surface area contributed by atoms with Crippen LogP contribution in [0.15, 0.2) is 36.4 Å².